The molecule has 0 aliphatic carbocycles. The number of rotatable bonds is 9. The van der Waals surface area contributed by atoms with Crippen LogP contribution in [-0.2, 0) is 20.9 Å². The minimum atomic E-state index is -0.866. The van der Waals surface area contributed by atoms with Crippen LogP contribution in [0.25, 0.3) is 10.9 Å². The average molecular weight is 477 g/mol. The number of nitrogens with one attached hydrogen (secondary N) is 2. The van der Waals surface area contributed by atoms with Crippen LogP contribution < -0.4 is 16.4 Å². The van der Waals surface area contributed by atoms with E-state index in [-0.39, 0.29) is 29.8 Å². The summed E-state index contributed by atoms with van der Waals surface area (Å²) < 4.78 is 21.1. The van der Waals surface area contributed by atoms with Crippen molar-refractivity contribution in [1.82, 2.24) is 20.4 Å². The van der Waals surface area contributed by atoms with Gasteiger partial charge in [-0.1, -0.05) is 38.1 Å². The fourth-order valence-corrected chi connectivity index (χ4v) is 3.75. The Morgan fingerprint density at radius 1 is 1.35 bits per heavy atom. The normalized spacial score (nSPS) is 16.6. The quantitative estimate of drug-likeness (QED) is 0.474. The van der Waals surface area contributed by atoms with Gasteiger partial charge in [-0.3, -0.25) is 14.3 Å². The topological polar surface area (TPSA) is 133 Å². The number of carbonyl (C=O) groups excluding carboxylic acids is 2. The SMILES string of the molecule is COC1=NOC(CNC(=O)C(NC(=O)c2nn(CCCCN)c3c(F)cccc23)C(C)(C)C)C1. The molecule has 186 valence electrons. The largest absolute Gasteiger partial charge is 0.482 e. The molecule has 1 aromatic carbocycles. The minimum Gasteiger partial charge on any atom is -0.482 e. The summed E-state index contributed by atoms with van der Waals surface area (Å²) in [4.78, 5) is 31.5. The van der Waals surface area contributed by atoms with E-state index in [0.29, 0.717) is 37.2 Å². The fraction of sp³-hybridized carbons (Fsp3) is 0.565. The molecule has 2 aromatic rings. The predicted octanol–water partition coefficient (Wildman–Crippen LogP) is 1.92. The zero-order valence-corrected chi connectivity index (χ0v) is 20.1. The Hall–Kier alpha value is -3.21. The molecule has 34 heavy (non-hydrogen) atoms. The number of carbonyl (C=O) groups is 2. The van der Waals surface area contributed by atoms with Crippen LogP contribution in [-0.4, -0.2) is 59.8 Å². The van der Waals surface area contributed by atoms with Crippen molar-refractivity contribution in [3.8, 4) is 0 Å². The number of aromatic nitrogens is 2. The molecule has 1 aromatic heterocycles. The van der Waals surface area contributed by atoms with E-state index in [1.54, 1.807) is 6.07 Å². The van der Waals surface area contributed by atoms with E-state index >= 15 is 0 Å². The maximum absolute atomic E-state index is 14.6. The van der Waals surface area contributed by atoms with Crippen molar-refractivity contribution in [2.24, 2.45) is 16.3 Å². The van der Waals surface area contributed by atoms with Gasteiger partial charge in [-0.2, -0.15) is 5.10 Å². The van der Waals surface area contributed by atoms with Crippen molar-refractivity contribution in [3.63, 3.8) is 0 Å². The van der Waals surface area contributed by atoms with Crippen LogP contribution in [0.15, 0.2) is 23.4 Å². The lowest BCUT2D eigenvalue weighted by molar-refractivity contribution is -0.125. The first kappa shape index (κ1) is 25.4. The number of ether oxygens (including phenoxy) is 1. The summed E-state index contributed by atoms with van der Waals surface area (Å²) in [5.74, 6) is -0.921. The summed E-state index contributed by atoms with van der Waals surface area (Å²) in [6, 6.07) is 3.65. The number of hydrogen-bond acceptors (Lipinski definition) is 7. The van der Waals surface area contributed by atoms with Crippen molar-refractivity contribution in [1.29, 1.82) is 0 Å². The molecule has 0 fully saturated rings. The van der Waals surface area contributed by atoms with Gasteiger partial charge in [0.25, 0.3) is 5.91 Å². The van der Waals surface area contributed by atoms with Crippen molar-refractivity contribution in [3.05, 3.63) is 29.7 Å². The van der Waals surface area contributed by atoms with Gasteiger partial charge < -0.3 is 25.9 Å². The van der Waals surface area contributed by atoms with E-state index < -0.39 is 23.2 Å². The zero-order chi connectivity index (χ0) is 24.9. The van der Waals surface area contributed by atoms with E-state index in [1.165, 1.54) is 23.9 Å². The molecule has 4 N–H and O–H groups in total. The molecule has 2 unspecified atom stereocenters. The molecule has 0 radical (unpaired) electrons. The lowest BCUT2D eigenvalue weighted by Crippen LogP contribution is -2.54. The second-order valence-corrected chi connectivity index (χ2v) is 9.34. The highest BCUT2D eigenvalue weighted by Gasteiger charge is 2.35. The van der Waals surface area contributed by atoms with Crippen molar-refractivity contribution in [2.45, 2.75) is 58.7 Å². The second kappa shape index (κ2) is 10.8. The molecule has 2 heterocycles. The van der Waals surface area contributed by atoms with Gasteiger partial charge in [0, 0.05) is 11.9 Å². The Kier molecular flexibility index (Phi) is 8.08. The van der Waals surface area contributed by atoms with E-state index in [2.05, 4.69) is 20.9 Å². The van der Waals surface area contributed by atoms with Gasteiger partial charge in [-0.15, -0.1) is 0 Å². The number of unbranched alkanes of at least 4 members (excludes halogenated alkanes) is 1. The number of methoxy groups -OCH3 is 1. The van der Waals surface area contributed by atoms with Crippen LogP contribution in [0.2, 0.25) is 0 Å². The van der Waals surface area contributed by atoms with Crippen LogP contribution in [0.4, 0.5) is 4.39 Å². The third-order valence-electron chi connectivity index (χ3n) is 5.61. The van der Waals surface area contributed by atoms with E-state index in [9.17, 15) is 14.0 Å². The Morgan fingerprint density at radius 3 is 2.76 bits per heavy atom. The Balaban J connectivity index is 1.77. The molecule has 1 aliphatic heterocycles. The molecule has 1 aliphatic rings. The Morgan fingerprint density at radius 2 is 2.12 bits per heavy atom. The summed E-state index contributed by atoms with van der Waals surface area (Å²) in [6.45, 7) is 6.69. The molecule has 10 nitrogen and oxygen atoms in total. The van der Waals surface area contributed by atoms with Crippen LogP contribution in [0, 0.1) is 11.2 Å². The van der Waals surface area contributed by atoms with Gasteiger partial charge in [0.2, 0.25) is 11.8 Å². The van der Waals surface area contributed by atoms with Crippen molar-refractivity contribution < 1.29 is 23.6 Å². The van der Waals surface area contributed by atoms with Gasteiger partial charge in [-0.25, -0.2) is 4.39 Å². The van der Waals surface area contributed by atoms with Gasteiger partial charge in [-0.05, 0) is 30.9 Å². The van der Waals surface area contributed by atoms with Gasteiger partial charge in [0.15, 0.2) is 11.8 Å². The molecule has 0 saturated carbocycles. The molecule has 3 rings (SSSR count). The molecule has 0 saturated heterocycles. The fourth-order valence-electron chi connectivity index (χ4n) is 3.75. The van der Waals surface area contributed by atoms with E-state index in [0.717, 1.165) is 6.42 Å². The Bertz CT molecular complexity index is 1060. The third-order valence-corrected chi connectivity index (χ3v) is 5.61. The molecule has 2 amide bonds. The first-order valence-corrected chi connectivity index (χ1v) is 11.4. The number of nitrogens with two attached hydrogens (primary N) is 1. The monoisotopic (exact) mass is 476 g/mol. The number of halogens is 1. The number of para-hydroxylation sites is 1. The minimum absolute atomic E-state index is 0.0709. The summed E-state index contributed by atoms with van der Waals surface area (Å²) in [5, 5.41) is 14.2. The summed E-state index contributed by atoms with van der Waals surface area (Å²) in [5.41, 5.74) is 5.29. The van der Waals surface area contributed by atoms with Gasteiger partial charge in [0.05, 0.1) is 20.1 Å². The van der Waals surface area contributed by atoms with Crippen LogP contribution in [0.5, 0.6) is 0 Å². The summed E-state index contributed by atoms with van der Waals surface area (Å²) >= 11 is 0. The molecular formula is C23H33FN6O4. The number of nitrogens with zero attached hydrogens (tertiary/aromatic N) is 3. The first-order valence-electron chi connectivity index (χ1n) is 11.4. The lowest BCUT2D eigenvalue weighted by Gasteiger charge is -2.30. The maximum Gasteiger partial charge on any atom is 0.273 e. The first-order chi connectivity index (χ1) is 16.2. The maximum atomic E-state index is 14.6. The smallest absolute Gasteiger partial charge is 0.273 e. The summed E-state index contributed by atoms with van der Waals surface area (Å²) in [6.07, 6.45) is 1.56. The number of fused-ring (bicyclic) bond motifs is 1. The highest BCUT2D eigenvalue weighted by molar-refractivity contribution is 6.06. The second-order valence-electron chi connectivity index (χ2n) is 9.34. The van der Waals surface area contributed by atoms with E-state index in [1.807, 2.05) is 20.8 Å². The van der Waals surface area contributed by atoms with Crippen molar-refractivity contribution >= 4 is 28.6 Å². The number of oxime groups is 1. The van der Waals surface area contributed by atoms with E-state index in [4.69, 9.17) is 15.3 Å². The highest BCUT2D eigenvalue weighted by Crippen LogP contribution is 2.24. The third kappa shape index (κ3) is 5.82. The van der Waals surface area contributed by atoms with Crippen LogP contribution in [0.3, 0.4) is 0 Å². The summed E-state index contributed by atoms with van der Waals surface area (Å²) in [7, 11) is 1.50. The molecule has 0 bridgehead atoms. The molecule has 2 atom stereocenters. The molecule has 11 heteroatoms. The predicted molar refractivity (Wildman–Crippen MR) is 126 cm³/mol. The zero-order valence-electron chi connectivity index (χ0n) is 20.1. The molecular weight excluding hydrogens is 443 g/mol. The number of hydrogen-bond donors (Lipinski definition) is 3. The number of amides is 2. The van der Waals surface area contributed by atoms with Gasteiger partial charge in [0.1, 0.15) is 17.4 Å². The highest BCUT2D eigenvalue weighted by atomic mass is 19.1. The standard InChI is InChI=1S/C23H33FN6O4/c1-23(2,3)20(22(32)26-13-14-12-17(33-4)29-34-14)27-21(31)18-15-8-7-9-16(24)19(15)30(28-18)11-6-5-10-25/h7-9,14,20H,5-6,10-13,25H2,1-4H3,(H,26,32)(H,27,31). The van der Waals surface area contributed by atoms with Crippen LogP contribution >= 0.6 is 0 Å². The molecule has 0 spiro atoms. The number of benzene rings is 1. The number of aryl methyl sites for hydroxylation is 1. The average Bonchev–Trinajstić information content (AvgIpc) is 3.40. The lowest BCUT2D eigenvalue weighted by atomic mass is 9.86. The Labute approximate surface area is 198 Å². The van der Waals surface area contributed by atoms with Gasteiger partial charge >= 0.3 is 0 Å². The van der Waals surface area contributed by atoms with Crippen LogP contribution in [0.1, 0.15) is 50.5 Å². The van der Waals surface area contributed by atoms with Crippen molar-refractivity contribution in [2.75, 3.05) is 20.2 Å².